The molecule has 0 rings (SSSR count). The minimum atomic E-state index is -3.94. The van der Waals surface area contributed by atoms with Crippen LogP contribution in [0.15, 0.2) is 0 Å². The van der Waals surface area contributed by atoms with Gasteiger partial charge in [-0.1, -0.05) is 0 Å². The molecular weight excluding hydrogens is 294 g/mol. The van der Waals surface area contributed by atoms with Gasteiger partial charge in [-0.05, 0) is 0 Å². The molecular formula is C6H20O6P2S2. The molecule has 0 heterocycles. The van der Waals surface area contributed by atoms with E-state index in [1.807, 2.05) is 0 Å². The van der Waals surface area contributed by atoms with Crippen molar-refractivity contribution in [1.29, 1.82) is 0 Å². The van der Waals surface area contributed by atoms with Crippen LogP contribution in [0.2, 0.25) is 0 Å². The first-order chi connectivity index (χ1) is 7.21. The Balaban J connectivity index is 3.17. The summed E-state index contributed by atoms with van der Waals surface area (Å²) >= 11 is 1.58. The zero-order valence-electron chi connectivity index (χ0n) is 8.74. The van der Waals surface area contributed by atoms with Crippen molar-refractivity contribution in [3.63, 3.8) is 0 Å². The predicted molar refractivity (Wildman–Crippen MR) is 73.3 cm³/mol. The van der Waals surface area contributed by atoms with Crippen LogP contribution in [0.5, 0.6) is 0 Å². The van der Waals surface area contributed by atoms with Gasteiger partial charge in [0.1, 0.15) is 0 Å². The van der Waals surface area contributed by atoms with E-state index in [1.54, 1.807) is 0 Å². The molecule has 0 spiro atoms. The fourth-order valence-electron chi connectivity index (χ4n) is 0.976. The van der Waals surface area contributed by atoms with E-state index in [-0.39, 0.29) is 0 Å². The van der Waals surface area contributed by atoms with Crippen LogP contribution in [0.25, 0.3) is 0 Å². The van der Waals surface area contributed by atoms with Gasteiger partial charge in [0.2, 0.25) is 0 Å². The second-order valence-corrected chi connectivity index (χ2v) is 12.0. The molecule has 0 saturated heterocycles. The van der Waals surface area contributed by atoms with E-state index >= 15 is 0 Å². The van der Waals surface area contributed by atoms with Gasteiger partial charge in [-0.25, -0.2) is 0 Å². The van der Waals surface area contributed by atoms with Crippen LogP contribution in [-0.2, 0) is 0 Å². The van der Waals surface area contributed by atoms with Gasteiger partial charge in [0.05, 0.1) is 0 Å². The summed E-state index contributed by atoms with van der Waals surface area (Å²) in [4.78, 5) is 52.1. The molecule has 0 aromatic rings. The summed E-state index contributed by atoms with van der Waals surface area (Å²) in [6.07, 6.45) is 3.28. The molecule has 6 N–H and O–H groups in total. The Morgan fingerprint density at radius 2 is 0.875 bits per heavy atom. The van der Waals surface area contributed by atoms with Gasteiger partial charge in [-0.15, -0.1) is 0 Å². The molecule has 0 fully saturated rings. The molecule has 0 unspecified atom stereocenters. The summed E-state index contributed by atoms with van der Waals surface area (Å²) in [7, 11) is -7.88. The van der Waals surface area contributed by atoms with Crippen LogP contribution in [0.4, 0.5) is 0 Å². The zero-order chi connectivity index (χ0) is 12.7. The van der Waals surface area contributed by atoms with Crippen LogP contribution in [-0.4, -0.2) is 40.9 Å². The van der Waals surface area contributed by atoms with Crippen LogP contribution >= 0.6 is 37.1 Å². The summed E-state index contributed by atoms with van der Waals surface area (Å²) in [5.74, 6) is 1.00. The fourth-order valence-corrected chi connectivity index (χ4v) is 4.73. The van der Waals surface area contributed by atoms with Crippen molar-refractivity contribution < 1.29 is 29.4 Å². The Bertz CT molecular complexity index is 163. The van der Waals surface area contributed by atoms with E-state index in [0.29, 0.717) is 11.5 Å². The molecule has 10 heteroatoms. The SMILES string of the molecule is O[PH](O)(O)SCCCCCCS[PH](O)(O)O. The maximum atomic E-state index is 8.68. The molecule has 0 aromatic heterocycles. The normalized spacial score (nSPS) is 15.1. The van der Waals surface area contributed by atoms with Gasteiger partial charge in [-0.2, -0.15) is 0 Å². The minimum absolute atomic E-state index is 0.502. The Kier molecular flexibility index (Phi) is 9.12. The third-order valence-electron chi connectivity index (χ3n) is 1.63. The van der Waals surface area contributed by atoms with E-state index in [0.717, 1.165) is 48.4 Å². The third kappa shape index (κ3) is 15.3. The van der Waals surface area contributed by atoms with Crippen LogP contribution in [0.3, 0.4) is 0 Å². The molecule has 0 atom stereocenters. The van der Waals surface area contributed by atoms with Crippen molar-refractivity contribution in [2.24, 2.45) is 0 Å². The second kappa shape index (κ2) is 8.43. The summed E-state index contributed by atoms with van der Waals surface area (Å²) < 4.78 is 0. The predicted octanol–water partition coefficient (Wildman–Crippen LogP) is 0.787. The van der Waals surface area contributed by atoms with E-state index in [1.165, 1.54) is 0 Å². The van der Waals surface area contributed by atoms with Crippen molar-refractivity contribution in [2.75, 3.05) is 11.5 Å². The Morgan fingerprint density at radius 1 is 0.562 bits per heavy atom. The van der Waals surface area contributed by atoms with E-state index in [4.69, 9.17) is 29.4 Å². The molecule has 16 heavy (non-hydrogen) atoms. The van der Waals surface area contributed by atoms with Crippen molar-refractivity contribution in [2.45, 2.75) is 25.7 Å². The average Bonchev–Trinajstić information content (AvgIpc) is 2.06. The summed E-state index contributed by atoms with van der Waals surface area (Å²) in [6.45, 7) is 0. The molecule has 0 aliphatic heterocycles. The van der Waals surface area contributed by atoms with Gasteiger partial charge in [0.15, 0.2) is 0 Å². The van der Waals surface area contributed by atoms with Crippen molar-refractivity contribution in [1.82, 2.24) is 0 Å². The number of hydrogen-bond donors (Lipinski definition) is 6. The number of unbranched alkanes of at least 4 members (excludes halogenated alkanes) is 3. The first-order valence-corrected chi connectivity index (χ1v) is 11.9. The first kappa shape index (κ1) is 17.3. The van der Waals surface area contributed by atoms with Crippen molar-refractivity contribution >= 4 is 37.1 Å². The average molecular weight is 314 g/mol. The molecule has 0 saturated carbocycles. The molecule has 0 amide bonds. The van der Waals surface area contributed by atoms with Crippen molar-refractivity contribution in [3.8, 4) is 0 Å². The molecule has 102 valence electrons. The quantitative estimate of drug-likeness (QED) is 0.273. The molecule has 0 aliphatic rings. The Labute approximate surface area is 104 Å². The second-order valence-electron chi connectivity index (χ2n) is 3.26. The van der Waals surface area contributed by atoms with E-state index in [2.05, 4.69) is 0 Å². The Hall–Kier alpha value is 1.32. The fraction of sp³-hybridized carbons (Fsp3) is 1.00. The summed E-state index contributed by atoms with van der Waals surface area (Å²) in [5, 5.41) is 0. The zero-order valence-corrected chi connectivity index (χ0v) is 12.4. The summed E-state index contributed by atoms with van der Waals surface area (Å²) in [5.41, 5.74) is 0. The molecule has 6 nitrogen and oxygen atoms in total. The third-order valence-corrected chi connectivity index (χ3v) is 6.94. The van der Waals surface area contributed by atoms with Crippen molar-refractivity contribution in [3.05, 3.63) is 0 Å². The van der Waals surface area contributed by atoms with Gasteiger partial charge in [-0.3, -0.25) is 0 Å². The van der Waals surface area contributed by atoms with E-state index < -0.39 is 14.3 Å². The molecule has 0 bridgehead atoms. The van der Waals surface area contributed by atoms with Gasteiger partial charge >= 0.3 is 104 Å². The van der Waals surface area contributed by atoms with E-state index in [9.17, 15) is 0 Å². The van der Waals surface area contributed by atoms with Crippen LogP contribution in [0.1, 0.15) is 25.7 Å². The van der Waals surface area contributed by atoms with Gasteiger partial charge < -0.3 is 0 Å². The monoisotopic (exact) mass is 314 g/mol. The Morgan fingerprint density at radius 3 is 1.12 bits per heavy atom. The van der Waals surface area contributed by atoms with Gasteiger partial charge in [0.25, 0.3) is 0 Å². The molecule has 0 aliphatic carbocycles. The van der Waals surface area contributed by atoms with Gasteiger partial charge in [0, 0.05) is 0 Å². The molecule has 0 radical (unpaired) electrons. The van der Waals surface area contributed by atoms with Crippen LogP contribution in [0, 0.1) is 0 Å². The number of rotatable bonds is 9. The standard InChI is InChI=1S/C6H20O6P2S2/c7-13(8,9)15-5-3-1-2-4-6-16-14(10,11)12/h7-14H,1-6H2. The maximum absolute atomic E-state index is 8.68. The topological polar surface area (TPSA) is 121 Å². The van der Waals surface area contributed by atoms with Crippen LogP contribution < -0.4 is 0 Å². The first-order valence-electron chi connectivity index (χ1n) is 4.83. The molecule has 0 aromatic carbocycles. The summed E-state index contributed by atoms with van der Waals surface area (Å²) in [6, 6.07) is 0. The number of hydrogen-bond acceptors (Lipinski definition) is 8.